The van der Waals surface area contributed by atoms with Crippen LogP contribution in [0.25, 0.3) is 11.0 Å². The van der Waals surface area contributed by atoms with E-state index in [1.54, 1.807) is 36.4 Å². The third kappa shape index (κ3) is 4.28. The number of nitrogens with two attached hydrogens (primary N) is 1. The minimum atomic E-state index is -3.80. The van der Waals surface area contributed by atoms with Crippen LogP contribution in [0.1, 0.15) is 12.8 Å². The van der Waals surface area contributed by atoms with E-state index < -0.39 is 10.0 Å². The van der Waals surface area contributed by atoms with E-state index in [0.717, 1.165) is 24.4 Å². The van der Waals surface area contributed by atoms with Crippen LogP contribution in [-0.2, 0) is 10.0 Å². The van der Waals surface area contributed by atoms with Crippen LogP contribution in [0.5, 0.6) is 6.01 Å². The number of rotatable bonds is 6. The lowest BCUT2D eigenvalue weighted by atomic mass is 10.0. The summed E-state index contributed by atoms with van der Waals surface area (Å²) in [7, 11) is -2.32. The van der Waals surface area contributed by atoms with Crippen LogP contribution in [-0.4, -0.2) is 63.9 Å². The summed E-state index contributed by atoms with van der Waals surface area (Å²) in [4.78, 5) is 23.2. The lowest BCUT2D eigenvalue weighted by Gasteiger charge is -2.21. The number of carbonyl (C=O) groups excluding carboxylic acids is 1. The molecule has 12 nitrogen and oxygen atoms in total. The van der Waals surface area contributed by atoms with Gasteiger partial charge >= 0.3 is 12.0 Å². The number of nitrogen functional groups attached to an aromatic ring is 1. The van der Waals surface area contributed by atoms with Gasteiger partial charge in [-0.3, -0.25) is 5.32 Å². The number of urea groups is 1. The van der Waals surface area contributed by atoms with E-state index in [0.29, 0.717) is 52.5 Å². The molecule has 0 spiro atoms. The number of pyridine rings is 1. The van der Waals surface area contributed by atoms with E-state index >= 15 is 0 Å². The summed E-state index contributed by atoms with van der Waals surface area (Å²) in [6, 6.07) is 10.2. The van der Waals surface area contributed by atoms with Crippen molar-refractivity contribution in [3.05, 3.63) is 48.8 Å². The van der Waals surface area contributed by atoms with E-state index in [2.05, 4.69) is 25.0 Å². The molecule has 4 aromatic rings. The van der Waals surface area contributed by atoms with Gasteiger partial charge in [0.05, 0.1) is 29.6 Å². The quantitative estimate of drug-likeness (QED) is 0.326. The molecule has 0 radical (unpaired) electrons. The van der Waals surface area contributed by atoms with Crippen molar-refractivity contribution >= 4 is 55.1 Å². The van der Waals surface area contributed by atoms with Gasteiger partial charge in [-0.2, -0.15) is 4.98 Å². The van der Waals surface area contributed by atoms with Gasteiger partial charge in [0.15, 0.2) is 5.65 Å². The molecule has 0 bridgehead atoms. The normalized spacial score (nSPS) is 21.0. The predicted molar refractivity (Wildman–Crippen MR) is 144 cm³/mol. The van der Waals surface area contributed by atoms with Crippen LogP contribution < -0.4 is 21.1 Å². The largest absolute Gasteiger partial charge is 0.466 e. The maximum atomic E-state index is 13.2. The van der Waals surface area contributed by atoms with E-state index in [9.17, 15) is 13.2 Å². The maximum absolute atomic E-state index is 13.2. The average Bonchev–Trinajstić information content (AvgIpc) is 3.69. The van der Waals surface area contributed by atoms with Gasteiger partial charge in [-0.25, -0.2) is 22.2 Å². The molecule has 1 aromatic carbocycles. The third-order valence-corrected chi connectivity index (χ3v) is 9.49. The first-order valence-electron chi connectivity index (χ1n) is 12.1. The second-order valence-electron chi connectivity index (χ2n) is 9.51. The molecule has 1 aliphatic heterocycles. The molecule has 6 rings (SSSR count). The van der Waals surface area contributed by atoms with Crippen LogP contribution in [0, 0.1) is 11.8 Å². The summed E-state index contributed by atoms with van der Waals surface area (Å²) in [5.74, 6) is 0.702. The van der Waals surface area contributed by atoms with Gasteiger partial charge in [-0.1, -0.05) is 18.2 Å². The van der Waals surface area contributed by atoms with Gasteiger partial charge in [-0.05, 0) is 42.9 Å². The van der Waals surface area contributed by atoms with Crippen molar-refractivity contribution in [3.63, 3.8) is 0 Å². The smallest absolute Gasteiger partial charge is 0.329 e. The van der Waals surface area contributed by atoms with Crippen LogP contribution in [0.2, 0.25) is 0 Å². The highest BCUT2D eigenvalue weighted by Crippen LogP contribution is 2.41. The minimum absolute atomic E-state index is 0.143. The number of methoxy groups -OCH3 is 1. The van der Waals surface area contributed by atoms with E-state index in [4.69, 9.17) is 10.5 Å². The number of nitrogens with one attached hydrogen (secondary N) is 2. The summed E-state index contributed by atoms with van der Waals surface area (Å²) < 4.78 is 36.6. The summed E-state index contributed by atoms with van der Waals surface area (Å²) in [6.45, 7) is 1.30. The van der Waals surface area contributed by atoms with Gasteiger partial charge in [0.1, 0.15) is 0 Å². The Balaban J connectivity index is 1.15. The second kappa shape index (κ2) is 9.44. The zero-order valence-electron chi connectivity index (χ0n) is 20.4. The number of carbonyl (C=O) groups is 1. The molecule has 1 saturated heterocycles. The van der Waals surface area contributed by atoms with Crippen molar-refractivity contribution in [2.45, 2.75) is 23.8 Å². The lowest BCUT2D eigenvalue weighted by Crippen LogP contribution is -2.34. The van der Waals surface area contributed by atoms with Gasteiger partial charge < -0.3 is 20.7 Å². The number of nitrogens with zero attached hydrogens (tertiary/aromatic N) is 5. The zero-order chi connectivity index (χ0) is 26.4. The van der Waals surface area contributed by atoms with Crippen LogP contribution in [0.15, 0.2) is 53.7 Å². The van der Waals surface area contributed by atoms with Crippen molar-refractivity contribution in [3.8, 4) is 6.01 Å². The van der Waals surface area contributed by atoms with Gasteiger partial charge in [0.2, 0.25) is 5.13 Å². The van der Waals surface area contributed by atoms with Crippen LogP contribution in [0.4, 0.5) is 21.3 Å². The first-order valence-corrected chi connectivity index (χ1v) is 14.3. The number of fused-ring (bicyclic) bond motifs is 2. The summed E-state index contributed by atoms with van der Waals surface area (Å²) >= 11 is 1.08. The average molecular weight is 555 g/mol. The Kier molecular flexibility index (Phi) is 6.07. The number of benzene rings is 1. The molecule has 1 saturated carbocycles. The topological polar surface area (TPSA) is 157 Å². The fraction of sp³-hybridized carbons (Fsp3) is 0.333. The molecule has 4 heterocycles. The van der Waals surface area contributed by atoms with Crippen molar-refractivity contribution in [2.75, 3.05) is 36.6 Å². The zero-order valence-corrected chi connectivity index (χ0v) is 22.1. The molecular formula is C24H26N8O4S2. The van der Waals surface area contributed by atoms with E-state index in [1.165, 1.54) is 23.5 Å². The Morgan fingerprint density at radius 2 is 1.89 bits per heavy atom. The Morgan fingerprint density at radius 3 is 2.58 bits per heavy atom. The molecule has 2 fully saturated rings. The summed E-state index contributed by atoms with van der Waals surface area (Å²) in [6.07, 6.45) is 4.74. The number of anilines is 3. The second-order valence-corrected chi connectivity index (χ2v) is 12.1. The van der Waals surface area contributed by atoms with Gasteiger partial charge in [0, 0.05) is 42.2 Å². The van der Waals surface area contributed by atoms with Crippen molar-refractivity contribution in [1.29, 1.82) is 0 Å². The Labute approximate surface area is 223 Å². The summed E-state index contributed by atoms with van der Waals surface area (Å²) in [5, 5.41) is 7.40. The standard InChI is InChI=1S/C24H26N8O4S2/c1-36-22-28-23(37-30-22)29-24(33)31-12-14-9-16(10-15(14)13-31)27-20-18-7-8-32(21(18)26-11-19(20)25)38(34,35)17-5-3-2-4-6-17/h2-8,11,14-16H,9-10,12-13,25H2,1H3,(H,26,27)(H,28,29,30,33). The number of likely N-dealkylation sites (tertiary alicyclic amines) is 1. The van der Waals surface area contributed by atoms with Crippen LogP contribution in [0.3, 0.4) is 0 Å². The molecule has 3 aromatic heterocycles. The third-order valence-electron chi connectivity index (χ3n) is 7.20. The molecule has 2 atom stereocenters. The van der Waals surface area contributed by atoms with Crippen molar-refractivity contribution in [2.24, 2.45) is 11.8 Å². The summed E-state index contributed by atoms with van der Waals surface area (Å²) in [5.41, 5.74) is 7.75. The van der Waals surface area contributed by atoms with E-state index in [-0.39, 0.29) is 23.0 Å². The molecule has 4 N–H and O–H groups in total. The molecular weight excluding hydrogens is 528 g/mol. The minimum Gasteiger partial charge on any atom is -0.466 e. The van der Waals surface area contributed by atoms with Crippen LogP contribution >= 0.6 is 11.5 Å². The van der Waals surface area contributed by atoms with Gasteiger partial charge in [0.25, 0.3) is 10.0 Å². The Hall–Kier alpha value is -3.91. The molecule has 38 heavy (non-hydrogen) atoms. The van der Waals surface area contributed by atoms with Gasteiger partial charge in [-0.15, -0.1) is 4.37 Å². The first kappa shape index (κ1) is 24.4. The molecule has 2 aliphatic rings. The van der Waals surface area contributed by atoms with Crippen molar-refractivity contribution in [1.82, 2.24) is 23.2 Å². The number of hydrogen-bond donors (Lipinski definition) is 3. The molecule has 2 amide bonds. The molecule has 14 heteroatoms. The Bertz CT molecular complexity index is 1590. The number of amides is 2. The fourth-order valence-corrected chi connectivity index (χ4v) is 7.30. The maximum Gasteiger partial charge on any atom is 0.329 e. The first-order chi connectivity index (χ1) is 18.3. The molecule has 198 valence electrons. The highest BCUT2D eigenvalue weighted by Gasteiger charge is 2.42. The van der Waals surface area contributed by atoms with E-state index in [1.807, 2.05) is 4.90 Å². The SMILES string of the molecule is COc1nsc(NC(=O)N2CC3CC(Nc4c(N)cnc5c4ccn5S(=O)(=O)c4ccccc4)CC3C2)n1. The molecule has 2 unspecified atom stereocenters. The highest BCUT2D eigenvalue weighted by molar-refractivity contribution is 7.90. The highest BCUT2D eigenvalue weighted by atomic mass is 32.2. The fourth-order valence-electron chi connectivity index (χ4n) is 5.44. The number of ether oxygens (including phenoxy) is 1. The number of aromatic nitrogens is 4. The Morgan fingerprint density at radius 1 is 1.16 bits per heavy atom. The van der Waals surface area contributed by atoms with Crippen molar-refractivity contribution < 1.29 is 17.9 Å². The lowest BCUT2D eigenvalue weighted by molar-refractivity contribution is 0.218. The predicted octanol–water partition coefficient (Wildman–Crippen LogP) is 3.07. The molecule has 1 aliphatic carbocycles. The number of hydrogen-bond acceptors (Lipinski definition) is 10. The monoisotopic (exact) mass is 554 g/mol.